The molecule has 0 aliphatic rings. The number of nitrogens with one attached hydrogen (secondary N) is 1. The van der Waals surface area contributed by atoms with Gasteiger partial charge in [-0.05, 0) is 30.3 Å². The van der Waals surface area contributed by atoms with Gasteiger partial charge in [0.15, 0.2) is 0 Å². The summed E-state index contributed by atoms with van der Waals surface area (Å²) in [4.78, 5) is 8.28. The van der Waals surface area contributed by atoms with Crippen molar-refractivity contribution < 1.29 is 12.8 Å². The molecule has 0 amide bonds. The molecule has 3 aromatic rings. The van der Waals surface area contributed by atoms with E-state index in [0.29, 0.717) is 0 Å². The molecule has 0 bridgehead atoms. The van der Waals surface area contributed by atoms with Gasteiger partial charge in [-0.15, -0.1) is 0 Å². The van der Waals surface area contributed by atoms with Gasteiger partial charge in [-0.2, -0.15) is 0 Å². The van der Waals surface area contributed by atoms with Crippen molar-refractivity contribution in [3.05, 3.63) is 78.4 Å². The molecule has 0 unspecified atom stereocenters. The number of anilines is 1. The minimum Gasteiger partial charge on any atom is -0.267 e. The molecule has 0 radical (unpaired) electrons. The van der Waals surface area contributed by atoms with Crippen LogP contribution in [0.3, 0.4) is 0 Å². The zero-order valence-corrected chi connectivity index (χ0v) is 13.4. The molecular formula is C17H14FN3O2S. The van der Waals surface area contributed by atoms with Crippen LogP contribution in [-0.2, 0) is 15.8 Å². The normalized spacial score (nSPS) is 11.2. The van der Waals surface area contributed by atoms with Gasteiger partial charge in [0.05, 0.1) is 11.4 Å². The number of rotatable bonds is 5. The summed E-state index contributed by atoms with van der Waals surface area (Å²) in [7, 11) is -3.76. The summed E-state index contributed by atoms with van der Waals surface area (Å²) < 4.78 is 40.2. The van der Waals surface area contributed by atoms with Crippen LogP contribution in [0.4, 0.5) is 10.2 Å². The molecular weight excluding hydrogens is 329 g/mol. The van der Waals surface area contributed by atoms with Gasteiger partial charge in [0.2, 0.25) is 10.0 Å². The Morgan fingerprint density at radius 1 is 0.958 bits per heavy atom. The van der Waals surface area contributed by atoms with Crippen molar-refractivity contribution >= 4 is 15.8 Å². The lowest BCUT2D eigenvalue weighted by Crippen LogP contribution is -2.16. The van der Waals surface area contributed by atoms with E-state index >= 15 is 0 Å². The topological polar surface area (TPSA) is 72.0 Å². The maximum Gasteiger partial charge on any atom is 0.238 e. The van der Waals surface area contributed by atoms with E-state index in [1.54, 1.807) is 24.4 Å². The molecule has 0 aliphatic heterocycles. The highest BCUT2D eigenvalue weighted by Gasteiger charge is 2.15. The molecule has 0 saturated heterocycles. The number of benzene rings is 1. The van der Waals surface area contributed by atoms with Crippen molar-refractivity contribution in [2.45, 2.75) is 5.75 Å². The maximum absolute atomic E-state index is 13.6. The highest BCUT2D eigenvalue weighted by molar-refractivity contribution is 7.91. The number of nitrogens with zero attached hydrogens (tertiary/aromatic N) is 2. The van der Waals surface area contributed by atoms with Gasteiger partial charge < -0.3 is 0 Å². The van der Waals surface area contributed by atoms with Gasteiger partial charge in [0.1, 0.15) is 11.6 Å². The molecule has 2 heterocycles. The Morgan fingerprint density at radius 3 is 2.42 bits per heavy atom. The van der Waals surface area contributed by atoms with Crippen LogP contribution in [-0.4, -0.2) is 18.4 Å². The van der Waals surface area contributed by atoms with Gasteiger partial charge in [-0.25, -0.2) is 17.8 Å². The largest absolute Gasteiger partial charge is 0.267 e. The van der Waals surface area contributed by atoms with Crippen molar-refractivity contribution in [1.82, 2.24) is 9.97 Å². The second-order valence-electron chi connectivity index (χ2n) is 5.10. The van der Waals surface area contributed by atoms with E-state index < -0.39 is 21.6 Å². The second-order valence-corrected chi connectivity index (χ2v) is 6.82. The third-order valence-corrected chi connectivity index (χ3v) is 4.50. The molecule has 0 saturated carbocycles. The van der Waals surface area contributed by atoms with Gasteiger partial charge in [-0.3, -0.25) is 9.71 Å². The molecule has 5 nitrogen and oxygen atoms in total. The number of pyridine rings is 2. The van der Waals surface area contributed by atoms with E-state index in [1.165, 1.54) is 24.4 Å². The summed E-state index contributed by atoms with van der Waals surface area (Å²) in [5, 5.41) is 0. The number of hydrogen-bond donors (Lipinski definition) is 1. The lowest BCUT2D eigenvalue weighted by molar-refractivity contribution is 0.591. The van der Waals surface area contributed by atoms with Crippen LogP contribution in [0.5, 0.6) is 0 Å². The summed E-state index contributed by atoms with van der Waals surface area (Å²) in [5.74, 6) is -0.837. The zero-order valence-electron chi connectivity index (χ0n) is 12.6. The van der Waals surface area contributed by atoms with Gasteiger partial charge in [0.25, 0.3) is 0 Å². The lowest BCUT2D eigenvalue weighted by atomic mass is 10.2. The Morgan fingerprint density at radius 2 is 1.75 bits per heavy atom. The summed E-state index contributed by atoms with van der Waals surface area (Å²) in [6, 6.07) is 14.5. The van der Waals surface area contributed by atoms with Crippen LogP contribution in [0.15, 0.2) is 67.0 Å². The van der Waals surface area contributed by atoms with E-state index in [2.05, 4.69) is 14.7 Å². The SMILES string of the molecule is O=S(=O)(Cc1ccccc1F)Nc1ccc(-c2ccccn2)cn1. The number of hydrogen-bond acceptors (Lipinski definition) is 4. The first-order chi connectivity index (χ1) is 11.5. The quantitative estimate of drug-likeness (QED) is 0.772. The Hall–Kier alpha value is -2.80. The fraction of sp³-hybridized carbons (Fsp3) is 0.0588. The van der Waals surface area contributed by atoms with E-state index in [0.717, 1.165) is 11.3 Å². The molecule has 1 aromatic carbocycles. The average molecular weight is 343 g/mol. The minimum absolute atomic E-state index is 0.107. The van der Waals surface area contributed by atoms with E-state index in [-0.39, 0.29) is 11.4 Å². The lowest BCUT2D eigenvalue weighted by Gasteiger charge is -2.08. The third kappa shape index (κ3) is 3.94. The second kappa shape index (κ2) is 6.76. The molecule has 7 heteroatoms. The van der Waals surface area contributed by atoms with Crippen molar-refractivity contribution in [2.24, 2.45) is 0 Å². The molecule has 2 aromatic heterocycles. The van der Waals surface area contributed by atoms with Crippen molar-refractivity contribution in [1.29, 1.82) is 0 Å². The van der Waals surface area contributed by atoms with Gasteiger partial charge >= 0.3 is 0 Å². The van der Waals surface area contributed by atoms with Crippen LogP contribution < -0.4 is 4.72 Å². The summed E-state index contributed by atoms with van der Waals surface area (Å²) in [5.41, 5.74) is 1.62. The Balaban J connectivity index is 1.75. The van der Waals surface area contributed by atoms with Crippen molar-refractivity contribution in [3.8, 4) is 11.3 Å². The Kier molecular flexibility index (Phi) is 4.52. The molecule has 24 heavy (non-hydrogen) atoms. The molecule has 3 rings (SSSR count). The van der Waals surface area contributed by atoms with Crippen LogP contribution in [0, 0.1) is 5.82 Å². The molecule has 0 aliphatic carbocycles. The molecule has 0 atom stereocenters. The monoisotopic (exact) mass is 343 g/mol. The van der Waals surface area contributed by atoms with Crippen LogP contribution in [0.1, 0.15) is 5.56 Å². The van der Waals surface area contributed by atoms with Crippen LogP contribution in [0.2, 0.25) is 0 Å². The Labute approximate surface area is 139 Å². The maximum atomic E-state index is 13.6. The smallest absolute Gasteiger partial charge is 0.238 e. The number of sulfonamides is 1. The Bertz CT molecular complexity index is 930. The zero-order chi connectivity index (χ0) is 17.0. The summed E-state index contributed by atoms with van der Waals surface area (Å²) >= 11 is 0. The molecule has 1 N–H and O–H groups in total. The number of halogens is 1. The van der Waals surface area contributed by atoms with E-state index in [4.69, 9.17) is 0 Å². The first kappa shape index (κ1) is 16.1. The van der Waals surface area contributed by atoms with Crippen molar-refractivity contribution in [3.63, 3.8) is 0 Å². The fourth-order valence-electron chi connectivity index (χ4n) is 2.15. The van der Waals surface area contributed by atoms with E-state index in [1.807, 2.05) is 18.2 Å². The first-order valence-corrected chi connectivity index (χ1v) is 8.80. The van der Waals surface area contributed by atoms with Crippen LogP contribution >= 0.6 is 0 Å². The molecule has 122 valence electrons. The highest BCUT2D eigenvalue weighted by atomic mass is 32.2. The first-order valence-electron chi connectivity index (χ1n) is 7.15. The van der Waals surface area contributed by atoms with E-state index in [9.17, 15) is 12.8 Å². The van der Waals surface area contributed by atoms with Crippen LogP contribution in [0.25, 0.3) is 11.3 Å². The highest BCUT2D eigenvalue weighted by Crippen LogP contribution is 2.18. The molecule has 0 spiro atoms. The van der Waals surface area contributed by atoms with Gasteiger partial charge in [-0.1, -0.05) is 24.3 Å². The summed E-state index contributed by atoms with van der Waals surface area (Å²) in [6.07, 6.45) is 3.20. The third-order valence-electron chi connectivity index (χ3n) is 3.29. The average Bonchev–Trinajstić information content (AvgIpc) is 2.58. The standard InChI is InChI=1S/C17H14FN3O2S/c18-15-6-2-1-5-14(15)12-24(22,23)21-17-9-8-13(11-20-17)16-7-3-4-10-19-16/h1-11H,12H2,(H,20,21). The van der Waals surface area contributed by atoms with Gasteiger partial charge in [0, 0.05) is 23.5 Å². The summed E-state index contributed by atoms with van der Waals surface area (Å²) in [6.45, 7) is 0. The minimum atomic E-state index is -3.76. The van der Waals surface area contributed by atoms with Crippen molar-refractivity contribution in [2.75, 3.05) is 4.72 Å². The predicted molar refractivity (Wildman–Crippen MR) is 90.1 cm³/mol. The fourth-order valence-corrected chi connectivity index (χ4v) is 3.31. The number of aromatic nitrogens is 2. The predicted octanol–water partition coefficient (Wildman–Crippen LogP) is 3.22. The molecule has 0 fully saturated rings.